The second-order valence-corrected chi connectivity index (χ2v) is 9.30. The second-order valence-electron chi connectivity index (χ2n) is 8.19. The van der Waals surface area contributed by atoms with E-state index in [0.717, 1.165) is 13.2 Å². The standard InChI is InChI=1S/C14H9F2N3O2.C6H13NS.C4H8O.C2H2/c15-14(16)21-10-3-1-2-9(5-10)12-13-11(18-19-12)4-8(7-20)6-17-13;1-6(7-2)3-4-8-5-6;1-2-4-5-3-1;1-2/h1-7,14H,(H,18,19);7H,3-5H2,1-2H3;1-4H2;1-2H. The van der Waals surface area contributed by atoms with Crippen LogP contribution < -0.4 is 10.1 Å². The highest BCUT2D eigenvalue weighted by Crippen LogP contribution is 2.28. The number of aromatic amines is 1. The molecular weight excluding hydrogens is 486 g/mol. The number of hydrogen-bond donors (Lipinski definition) is 2. The van der Waals surface area contributed by atoms with E-state index < -0.39 is 6.61 Å². The molecular formula is C26H32F2N4O3S. The van der Waals surface area contributed by atoms with E-state index in [9.17, 15) is 13.6 Å². The number of ether oxygens (including phenoxy) is 2. The van der Waals surface area contributed by atoms with Crippen molar-refractivity contribution in [2.75, 3.05) is 31.8 Å². The number of benzene rings is 1. The minimum Gasteiger partial charge on any atom is -0.435 e. The van der Waals surface area contributed by atoms with Gasteiger partial charge in [-0.15, -0.1) is 12.8 Å². The monoisotopic (exact) mass is 518 g/mol. The third kappa shape index (κ3) is 8.90. The van der Waals surface area contributed by atoms with Crippen LogP contribution in [0, 0.1) is 12.8 Å². The molecule has 2 saturated heterocycles. The highest BCUT2D eigenvalue weighted by Gasteiger charge is 2.26. The van der Waals surface area contributed by atoms with Gasteiger partial charge in [0.25, 0.3) is 0 Å². The molecule has 0 aliphatic carbocycles. The lowest BCUT2D eigenvalue weighted by Crippen LogP contribution is -2.39. The molecule has 1 unspecified atom stereocenters. The summed E-state index contributed by atoms with van der Waals surface area (Å²) >= 11 is 2.04. The van der Waals surface area contributed by atoms with Crippen LogP contribution in [0.15, 0.2) is 36.5 Å². The maximum atomic E-state index is 12.2. The SMILES string of the molecule is C#C.C1CCOC1.CNC1(C)CCSC1.O=Cc1cnc2c(-c3cccc(OC(F)F)c3)n[nH]c2c1. The first-order valence-electron chi connectivity index (χ1n) is 11.5. The highest BCUT2D eigenvalue weighted by molar-refractivity contribution is 7.99. The van der Waals surface area contributed by atoms with Gasteiger partial charge >= 0.3 is 6.61 Å². The van der Waals surface area contributed by atoms with Crippen molar-refractivity contribution < 1.29 is 23.0 Å². The van der Waals surface area contributed by atoms with E-state index in [1.165, 1.54) is 49.1 Å². The Labute approximate surface area is 214 Å². The number of terminal acetylenes is 1. The lowest BCUT2D eigenvalue weighted by molar-refractivity contribution is -0.0498. The van der Waals surface area contributed by atoms with Crippen molar-refractivity contribution in [1.82, 2.24) is 20.5 Å². The number of alkyl halides is 2. The fourth-order valence-electron chi connectivity index (χ4n) is 3.38. The Hall–Kier alpha value is -3.00. The fourth-order valence-corrected chi connectivity index (χ4v) is 4.86. The van der Waals surface area contributed by atoms with Crippen molar-refractivity contribution in [3.63, 3.8) is 0 Å². The summed E-state index contributed by atoms with van der Waals surface area (Å²) in [6.07, 6.45) is 14.0. The Morgan fingerprint density at radius 3 is 2.56 bits per heavy atom. The molecule has 0 radical (unpaired) electrons. The molecule has 0 bridgehead atoms. The van der Waals surface area contributed by atoms with E-state index in [1.807, 2.05) is 18.8 Å². The molecule has 5 rings (SSSR count). The van der Waals surface area contributed by atoms with Crippen molar-refractivity contribution in [1.29, 1.82) is 0 Å². The zero-order valence-electron chi connectivity index (χ0n) is 20.5. The fraction of sp³-hybridized carbons (Fsp3) is 0.423. The number of carbonyl (C=O) groups is 1. The van der Waals surface area contributed by atoms with Crippen LogP contribution in [0.1, 0.15) is 36.5 Å². The Morgan fingerprint density at radius 2 is 2.03 bits per heavy atom. The van der Waals surface area contributed by atoms with Crippen molar-refractivity contribution in [2.24, 2.45) is 0 Å². The summed E-state index contributed by atoms with van der Waals surface area (Å²) in [5, 5.41) is 10.2. The van der Waals surface area contributed by atoms with E-state index in [-0.39, 0.29) is 5.75 Å². The average molecular weight is 519 g/mol. The largest absolute Gasteiger partial charge is 0.435 e. The summed E-state index contributed by atoms with van der Waals surface area (Å²) in [5.41, 5.74) is 3.11. The van der Waals surface area contributed by atoms with E-state index in [0.29, 0.717) is 39.7 Å². The van der Waals surface area contributed by atoms with Crippen LogP contribution >= 0.6 is 11.8 Å². The van der Waals surface area contributed by atoms with Crippen molar-refractivity contribution in [2.45, 2.75) is 38.3 Å². The molecule has 1 aromatic carbocycles. The van der Waals surface area contributed by atoms with Crippen LogP contribution in [0.25, 0.3) is 22.3 Å². The molecule has 10 heteroatoms. The molecule has 3 aromatic rings. The van der Waals surface area contributed by atoms with Crippen molar-refractivity contribution in [3.05, 3.63) is 42.1 Å². The molecule has 7 nitrogen and oxygen atoms in total. The van der Waals surface area contributed by atoms with E-state index >= 15 is 0 Å². The van der Waals surface area contributed by atoms with Crippen LogP contribution in [0.2, 0.25) is 0 Å². The second kappa shape index (κ2) is 15.2. The zero-order chi connectivity index (χ0) is 26.4. The average Bonchev–Trinajstić information content (AvgIpc) is 3.68. The predicted octanol–water partition coefficient (Wildman–Crippen LogP) is 5.19. The van der Waals surface area contributed by atoms with Gasteiger partial charge in [0.1, 0.15) is 17.0 Å². The van der Waals surface area contributed by atoms with Crippen LogP contribution in [-0.2, 0) is 4.74 Å². The molecule has 1 atom stereocenters. The summed E-state index contributed by atoms with van der Waals surface area (Å²) in [6, 6.07) is 7.81. The predicted molar refractivity (Wildman–Crippen MR) is 141 cm³/mol. The Balaban J connectivity index is 0.000000248. The number of aldehydes is 1. The number of hydrogen-bond acceptors (Lipinski definition) is 7. The topological polar surface area (TPSA) is 89.1 Å². The van der Waals surface area contributed by atoms with Crippen LogP contribution in [0.4, 0.5) is 8.78 Å². The summed E-state index contributed by atoms with van der Waals surface area (Å²) in [7, 11) is 2.05. The van der Waals surface area contributed by atoms with Crippen molar-refractivity contribution in [3.8, 4) is 29.9 Å². The number of carbonyl (C=O) groups excluding carboxylic acids is 1. The number of H-pyrrole nitrogens is 1. The first kappa shape index (κ1) is 29.2. The molecule has 2 aliphatic heterocycles. The number of nitrogens with zero attached hydrogens (tertiary/aromatic N) is 2. The molecule has 0 spiro atoms. The highest BCUT2D eigenvalue weighted by atomic mass is 32.2. The van der Waals surface area contributed by atoms with Crippen LogP contribution in [-0.4, -0.2) is 65.4 Å². The third-order valence-corrected chi connectivity index (χ3v) is 6.87. The van der Waals surface area contributed by atoms with E-state index in [2.05, 4.69) is 45.0 Å². The van der Waals surface area contributed by atoms with Crippen molar-refractivity contribution >= 4 is 29.1 Å². The van der Waals surface area contributed by atoms with Gasteiger partial charge in [-0.3, -0.25) is 14.9 Å². The molecule has 0 amide bonds. The molecule has 2 aliphatic rings. The zero-order valence-corrected chi connectivity index (χ0v) is 21.3. The third-order valence-electron chi connectivity index (χ3n) is 5.54. The van der Waals surface area contributed by atoms with Gasteiger partial charge in [0, 0.05) is 41.8 Å². The maximum absolute atomic E-state index is 12.2. The molecule has 4 heterocycles. The molecule has 2 fully saturated rings. The molecule has 194 valence electrons. The molecule has 2 aromatic heterocycles. The van der Waals surface area contributed by atoms with Gasteiger partial charge in [0.2, 0.25) is 0 Å². The van der Waals surface area contributed by atoms with E-state index in [4.69, 9.17) is 4.74 Å². The smallest absolute Gasteiger partial charge is 0.387 e. The maximum Gasteiger partial charge on any atom is 0.387 e. The Kier molecular flexibility index (Phi) is 12.3. The summed E-state index contributed by atoms with van der Waals surface area (Å²) < 4.78 is 33.8. The van der Waals surface area contributed by atoms with Gasteiger partial charge in [-0.25, -0.2) is 0 Å². The number of rotatable bonds is 5. The minimum atomic E-state index is -2.88. The van der Waals surface area contributed by atoms with E-state index in [1.54, 1.807) is 18.2 Å². The number of halogens is 2. The lowest BCUT2D eigenvalue weighted by Gasteiger charge is -2.20. The number of aromatic nitrogens is 3. The lowest BCUT2D eigenvalue weighted by atomic mass is 10.0. The van der Waals surface area contributed by atoms with Gasteiger partial charge in [0.05, 0.1) is 5.52 Å². The molecule has 0 saturated carbocycles. The van der Waals surface area contributed by atoms with Crippen LogP contribution in [0.5, 0.6) is 5.75 Å². The summed E-state index contributed by atoms with van der Waals surface area (Å²) in [6.45, 7) is 1.40. The van der Waals surface area contributed by atoms with Gasteiger partial charge in [-0.05, 0) is 57.2 Å². The minimum absolute atomic E-state index is 0.0446. The first-order chi connectivity index (χ1) is 17.4. The summed E-state index contributed by atoms with van der Waals surface area (Å²) in [5.74, 6) is 2.66. The van der Waals surface area contributed by atoms with Gasteiger partial charge in [-0.2, -0.15) is 25.6 Å². The number of fused-ring (bicyclic) bond motifs is 1. The van der Waals surface area contributed by atoms with Gasteiger partial charge < -0.3 is 14.8 Å². The van der Waals surface area contributed by atoms with Gasteiger partial charge in [0.15, 0.2) is 6.29 Å². The first-order valence-corrected chi connectivity index (χ1v) is 12.6. The quantitative estimate of drug-likeness (QED) is 0.355. The number of nitrogens with one attached hydrogen (secondary N) is 2. The normalized spacial score (nSPS) is 18.3. The Bertz CT molecular complexity index is 1090. The number of thioether (sulfide) groups is 1. The molecule has 2 N–H and O–H groups in total. The molecule has 36 heavy (non-hydrogen) atoms. The van der Waals surface area contributed by atoms with Gasteiger partial charge in [-0.1, -0.05) is 12.1 Å². The number of pyridine rings is 1. The summed E-state index contributed by atoms with van der Waals surface area (Å²) in [4.78, 5) is 14.9. The van der Waals surface area contributed by atoms with Crippen LogP contribution in [0.3, 0.4) is 0 Å². The Morgan fingerprint density at radius 1 is 1.28 bits per heavy atom.